The highest BCUT2D eigenvalue weighted by atomic mass is 32.2. The summed E-state index contributed by atoms with van der Waals surface area (Å²) in [5.41, 5.74) is -0.0393. The summed E-state index contributed by atoms with van der Waals surface area (Å²) in [5, 5.41) is 3.36. The number of ether oxygens (including phenoxy) is 1. The van der Waals surface area contributed by atoms with Crippen molar-refractivity contribution >= 4 is 9.73 Å². The second-order valence-corrected chi connectivity index (χ2v) is 6.95. The Labute approximate surface area is 92.0 Å². The maximum absolute atomic E-state index is 12.2. The number of nitrogens with one attached hydrogen (secondary N) is 1. The van der Waals surface area contributed by atoms with Crippen LogP contribution >= 0.6 is 0 Å². The molecule has 2 aliphatic heterocycles. The molecule has 4 nitrogen and oxygen atoms in total. The molecule has 0 aliphatic carbocycles. The van der Waals surface area contributed by atoms with Crippen LogP contribution in [0.15, 0.2) is 4.36 Å². The minimum atomic E-state index is -1.90. The van der Waals surface area contributed by atoms with Gasteiger partial charge in [0.1, 0.15) is 0 Å². The number of rotatable bonds is 1. The zero-order valence-corrected chi connectivity index (χ0v) is 10.1. The molecule has 88 valence electrons. The highest BCUT2D eigenvalue weighted by Gasteiger charge is 2.38. The van der Waals surface area contributed by atoms with Crippen molar-refractivity contribution in [3.05, 3.63) is 0 Å². The van der Waals surface area contributed by atoms with Gasteiger partial charge in [-0.1, -0.05) is 0 Å². The first kappa shape index (κ1) is 11.4. The molecule has 2 saturated heterocycles. The summed E-state index contributed by atoms with van der Waals surface area (Å²) in [7, 11) is -1.90. The Morgan fingerprint density at radius 1 is 1.47 bits per heavy atom. The van der Waals surface area contributed by atoms with E-state index in [-0.39, 0.29) is 5.60 Å². The van der Waals surface area contributed by atoms with E-state index in [1.165, 1.54) is 0 Å². The van der Waals surface area contributed by atoms with Crippen molar-refractivity contribution in [3.8, 4) is 0 Å². The first-order valence-corrected chi connectivity index (χ1v) is 7.56. The Morgan fingerprint density at radius 2 is 2.20 bits per heavy atom. The van der Waals surface area contributed by atoms with Gasteiger partial charge in [0.15, 0.2) is 0 Å². The summed E-state index contributed by atoms with van der Waals surface area (Å²) < 4.78 is 22.3. The Hall–Kier alpha value is -0.130. The zero-order chi connectivity index (χ0) is 10.8. The third kappa shape index (κ3) is 2.52. The summed E-state index contributed by atoms with van der Waals surface area (Å²) in [5.74, 6) is 1.42. The third-order valence-electron chi connectivity index (χ3n) is 3.25. The van der Waals surface area contributed by atoms with Crippen molar-refractivity contribution in [1.29, 1.82) is 0 Å². The molecule has 0 bridgehead atoms. The standard InChI is InChI=1S/C10H20N2O2S/c1-2-12-15(13)7-3-10(4-8-15)9-11-5-6-14-10/h11H,2-9H2,1H3. The third-order valence-corrected chi connectivity index (χ3v) is 5.66. The van der Waals surface area contributed by atoms with Gasteiger partial charge >= 0.3 is 0 Å². The lowest BCUT2D eigenvalue weighted by atomic mass is 9.95. The molecule has 0 aromatic carbocycles. The van der Waals surface area contributed by atoms with Gasteiger partial charge in [-0.25, -0.2) is 8.57 Å². The molecule has 2 aliphatic rings. The van der Waals surface area contributed by atoms with Crippen LogP contribution in [-0.2, 0) is 14.5 Å². The summed E-state index contributed by atoms with van der Waals surface area (Å²) >= 11 is 0. The molecule has 2 heterocycles. The van der Waals surface area contributed by atoms with Crippen LogP contribution in [0.5, 0.6) is 0 Å². The first-order valence-electron chi connectivity index (χ1n) is 5.71. The molecule has 0 unspecified atom stereocenters. The van der Waals surface area contributed by atoms with E-state index >= 15 is 0 Å². The SMILES string of the molecule is CCN=S1(=O)CCC2(CC1)CNCCO2. The van der Waals surface area contributed by atoms with Gasteiger partial charge < -0.3 is 10.1 Å². The summed E-state index contributed by atoms with van der Waals surface area (Å²) in [6.45, 7) is 5.26. The van der Waals surface area contributed by atoms with E-state index < -0.39 is 9.73 Å². The average Bonchev–Trinajstić information content (AvgIpc) is 2.25. The van der Waals surface area contributed by atoms with E-state index in [1.807, 2.05) is 6.92 Å². The van der Waals surface area contributed by atoms with Gasteiger partial charge in [-0.2, -0.15) is 0 Å². The largest absolute Gasteiger partial charge is 0.372 e. The molecule has 0 radical (unpaired) electrons. The van der Waals surface area contributed by atoms with Crippen LogP contribution < -0.4 is 5.32 Å². The van der Waals surface area contributed by atoms with Gasteiger partial charge in [0.25, 0.3) is 0 Å². The van der Waals surface area contributed by atoms with Crippen molar-refractivity contribution in [2.24, 2.45) is 4.36 Å². The molecule has 0 aromatic heterocycles. The van der Waals surface area contributed by atoms with Crippen LogP contribution in [0, 0.1) is 0 Å². The lowest BCUT2D eigenvalue weighted by Crippen LogP contribution is -2.53. The van der Waals surface area contributed by atoms with E-state index in [1.54, 1.807) is 0 Å². The normalized spacial score (nSPS) is 41.7. The van der Waals surface area contributed by atoms with Crippen molar-refractivity contribution in [2.45, 2.75) is 25.4 Å². The fraction of sp³-hybridized carbons (Fsp3) is 1.00. The van der Waals surface area contributed by atoms with Crippen LogP contribution in [0.4, 0.5) is 0 Å². The van der Waals surface area contributed by atoms with E-state index in [9.17, 15) is 4.21 Å². The Kier molecular flexibility index (Phi) is 3.33. The Morgan fingerprint density at radius 3 is 2.73 bits per heavy atom. The van der Waals surface area contributed by atoms with Gasteiger partial charge in [-0.3, -0.25) is 0 Å². The topological polar surface area (TPSA) is 50.7 Å². The molecule has 0 atom stereocenters. The quantitative estimate of drug-likeness (QED) is 0.721. The van der Waals surface area contributed by atoms with E-state index in [0.29, 0.717) is 18.1 Å². The number of morpholine rings is 1. The predicted molar refractivity (Wildman–Crippen MR) is 61.6 cm³/mol. The molecule has 1 spiro atoms. The predicted octanol–water partition coefficient (Wildman–Crippen LogP) is 0.627. The highest BCUT2D eigenvalue weighted by Crippen LogP contribution is 2.29. The van der Waals surface area contributed by atoms with Gasteiger partial charge in [0, 0.05) is 40.9 Å². The maximum Gasteiger partial charge on any atom is 0.0825 e. The molecule has 5 heteroatoms. The summed E-state index contributed by atoms with van der Waals surface area (Å²) in [4.78, 5) is 0. The molecule has 0 amide bonds. The molecular formula is C10H20N2O2S. The molecule has 2 fully saturated rings. The Balaban J connectivity index is 2.02. The monoisotopic (exact) mass is 232 g/mol. The summed E-state index contributed by atoms with van der Waals surface area (Å²) in [6, 6.07) is 0. The second-order valence-electron chi connectivity index (χ2n) is 4.33. The molecule has 2 rings (SSSR count). The molecule has 1 N–H and O–H groups in total. The van der Waals surface area contributed by atoms with Crippen molar-refractivity contribution < 1.29 is 8.95 Å². The van der Waals surface area contributed by atoms with Crippen LogP contribution in [0.3, 0.4) is 0 Å². The van der Waals surface area contributed by atoms with Crippen LogP contribution in [0.25, 0.3) is 0 Å². The average molecular weight is 232 g/mol. The first-order chi connectivity index (χ1) is 7.18. The number of hydrogen-bond donors (Lipinski definition) is 1. The minimum Gasteiger partial charge on any atom is -0.372 e. The lowest BCUT2D eigenvalue weighted by Gasteiger charge is -2.41. The van der Waals surface area contributed by atoms with Crippen LogP contribution in [-0.4, -0.2) is 47.6 Å². The number of hydrogen-bond acceptors (Lipinski definition) is 4. The van der Waals surface area contributed by atoms with E-state index in [2.05, 4.69) is 9.68 Å². The highest BCUT2D eigenvalue weighted by molar-refractivity contribution is 7.93. The minimum absolute atomic E-state index is 0.0393. The van der Waals surface area contributed by atoms with Crippen molar-refractivity contribution in [1.82, 2.24) is 5.32 Å². The van der Waals surface area contributed by atoms with Crippen molar-refractivity contribution in [2.75, 3.05) is 37.7 Å². The second kappa shape index (κ2) is 4.39. The van der Waals surface area contributed by atoms with Gasteiger partial charge in [0.2, 0.25) is 0 Å². The number of nitrogens with zero attached hydrogens (tertiary/aromatic N) is 1. The van der Waals surface area contributed by atoms with E-state index in [4.69, 9.17) is 4.74 Å². The van der Waals surface area contributed by atoms with Gasteiger partial charge in [-0.15, -0.1) is 0 Å². The lowest BCUT2D eigenvalue weighted by molar-refractivity contribution is -0.0712. The van der Waals surface area contributed by atoms with Crippen molar-refractivity contribution in [3.63, 3.8) is 0 Å². The zero-order valence-electron chi connectivity index (χ0n) is 9.33. The van der Waals surface area contributed by atoms with Crippen LogP contribution in [0.2, 0.25) is 0 Å². The van der Waals surface area contributed by atoms with Gasteiger partial charge in [0.05, 0.1) is 12.2 Å². The fourth-order valence-corrected chi connectivity index (χ4v) is 4.63. The molecule has 0 saturated carbocycles. The smallest absolute Gasteiger partial charge is 0.0825 e. The molecule has 15 heavy (non-hydrogen) atoms. The van der Waals surface area contributed by atoms with Gasteiger partial charge in [-0.05, 0) is 19.8 Å². The fourth-order valence-electron chi connectivity index (χ4n) is 2.31. The molecular weight excluding hydrogens is 212 g/mol. The Bertz CT molecular complexity index is 312. The summed E-state index contributed by atoms with van der Waals surface area (Å²) in [6.07, 6.45) is 1.78. The maximum atomic E-state index is 12.2. The van der Waals surface area contributed by atoms with Crippen LogP contribution in [0.1, 0.15) is 19.8 Å². The molecule has 0 aromatic rings. The van der Waals surface area contributed by atoms with E-state index in [0.717, 1.165) is 32.5 Å².